The van der Waals surface area contributed by atoms with Crippen molar-refractivity contribution >= 4 is 21.6 Å². The molecule has 9 heteroatoms. The Hall–Kier alpha value is -2.16. The highest BCUT2D eigenvalue weighted by molar-refractivity contribution is 7.92. The summed E-state index contributed by atoms with van der Waals surface area (Å²) in [6.45, 7) is 3.79. The van der Waals surface area contributed by atoms with Crippen LogP contribution < -0.4 is 23.8 Å². The number of methoxy groups -OCH3 is 3. The third-order valence-electron chi connectivity index (χ3n) is 3.48. The number of benzene rings is 1. The van der Waals surface area contributed by atoms with E-state index in [4.69, 9.17) is 14.2 Å². The third kappa shape index (κ3) is 5.42. The van der Waals surface area contributed by atoms with Gasteiger partial charge in [0.15, 0.2) is 11.5 Å². The molecule has 0 heterocycles. The first-order valence-electron chi connectivity index (χ1n) is 7.71. The second kappa shape index (κ2) is 8.80. The SMILES string of the molecule is COc1cc(N(CCNC(=O)C(C)C)S(C)(=O)=O)cc(OC)c1OC. The second-order valence-electron chi connectivity index (χ2n) is 5.66. The van der Waals surface area contributed by atoms with E-state index in [2.05, 4.69) is 5.32 Å². The maximum Gasteiger partial charge on any atom is 0.232 e. The van der Waals surface area contributed by atoms with Gasteiger partial charge < -0.3 is 19.5 Å². The predicted octanol–water partition coefficient (Wildman–Crippen LogP) is 1.25. The molecule has 8 nitrogen and oxygen atoms in total. The van der Waals surface area contributed by atoms with Crippen molar-refractivity contribution in [2.45, 2.75) is 13.8 Å². The van der Waals surface area contributed by atoms with Crippen LogP contribution in [0.4, 0.5) is 5.69 Å². The standard InChI is InChI=1S/C16H26N2O6S/c1-11(2)16(19)17-7-8-18(25(6,20)21)12-9-13(22-3)15(24-5)14(10-12)23-4/h9-11H,7-8H2,1-6H3,(H,17,19). The van der Waals surface area contributed by atoms with Gasteiger partial charge in [-0.1, -0.05) is 13.8 Å². The van der Waals surface area contributed by atoms with Crippen molar-refractivity contribution in [3.63, 3.8) is 0 Å². The first kappa shape index (κ1) is 20.9. The Kier molecular flexibility index (Phi) is 7.35. The molecule has 0 unspecified atom stereocenters. The van der Waals surface area contributed by atoms with Gasteiger partial charge in [0.2, 0.25) is 21.7 Å². The van der Waals surface area contributed by atoms with E-state index in [0.29, 0.717) is 22.9 Å². The van der Waals surface area contributed by atoms with Crippen LogP contribution in [-0.2, 0) is 14.8 Å². The molecule has 0 atom stereocenters. The Labute approximate surface area is 149 Å². The van der Waals surface area contributed by atoms with Gasteiger partial charge in [-0.25, -0.2) is 8.42 Å². The molecule has 0 saturated heterocycles. The van der Waals surface area contributed by atoms with Gasteiger partial charge in [0.25, 0.3) is 0 Å². The lowest BCUT2D eigenvalue weighted by Crippen LogP contribution is -2.39. The zero-order chi connectivity index (χ0) is 19.2. The average molecular weight is 374 g/mol. The number of nitrogens with one attached hydrogen (secondary N) is 1. The average Bonchev–Trinajstić information content (AvgIpc) is 2.55. The van der Waals surface area contributed by atoms with E-state index in [1.807, 2.05) is 0 Å². The quantitative estimate of drug-likeness (QED) is 0.699. The number of carbonyl (C=O) groups is 1. The zero-order valence-electron chi connectivity index (χ0n) is 15.5. The number of amides is 1. The van der Waals surface area contributed by atoms with Gasteiger partial charge in [-0.15, -0.1) is 0 Å². The number of ether oxygens (including phenoxy) is 3. The molecule has 0 aliphatic rings. The van der Waals surface area contributed by atoms with Gasteiger partial charge in [-0.2, -0.15) is 0 Å². The Bertz CT molecular complexity index is 678. The van der Waals surface area contributed by atoms with Crippen molar-refractivity contribution in [1.82, 2.24) is 5.32 Å². The van der Waals surface area contributed by atoms with E-state index in [9.17, 15) is 13.2 Å². The third-order valence-corrected chi connectivity index (χ3v) is 4.67. The summed E-state index contributed by atoms with van der Waals surface area (Å²) in [4.78, 5) is 11.7. The lowest BCUT2D eigenvalue weighted by atomic mass is 10.2. The van der Waals surface area contributed by atoms with Crippen molar-refractivity contribution in [1.29, 1.82) is 0 Å². The van der Waals surface area contributed by atoms with Gasteiger partial charge >= 0.3 is 0 Å². The predicted molar refractivity (Wildman–Crippen MR) is 96.1 cm³/mol. The van der Waals surface area contributed by atoms with Crippen LogP contribution in [0.15, 0.2) is 12.1 Å². The number of sulfonamides is 1. The number of hydrogen-bond donors (Lipinski definition) is 1. The van der Waals surface area contributed by atoms with Gasteiger partial charge in [0.05, 0.1) is 39.8 Å². The first-order chi connectivity index (χ1) is 11.6. The number of hydrogen-bond acceptors (Lipinski definition) is 6. The summed E-state index contributed by atoms with van der Waals surface area (Å²) in [5.74, 6) is 0.745. The fourth-order valence-electron chi connectivity index (χ4n) is 2.18. The molecule has 0 bridgehead atoms. The van der Waals surface area contributed by atoms with Gasteiger partial charge in [-0.3, -0.25) is 9.10 Å². The maximum absolute atomic E-state index is 12.2. The van der Waals surface area contributed by atoms with Crippen LogP contribution in [0, 0.1) is 5.92 Å². The van der Waals surface area contributed by atoms with Crippen molar-refractivity contribution in [2.75, 3.05) is 45.0 Å². The zero-order valence-corrected chi connectivity index (χ0v) is 16.3. The molecule has 1 N–H and O–H groups in total. The summed E-state index contributed by atoms with van der Waals surface area (Å²) in [6.07, 6.45) is 1.10. The molecule has 0 spiro atoms. The van der Waals surface area contributed by atoms with E-state index >= 15 is 0 Å². The fraction of sp³-hybridized carbons (Fsp3) is 0.562. The summed E-state index contributed by atoms with van der Waals surface area (Å²) in [5.41, 5.74) is 0.357. The molecule has 142 valence electrons. The molecule has 1 rings (SSSR count). The minimum atomic E-state index is -3.58. The lowest BCUT2D eigenvalue weighted by Gasteiger charge is -2.24. The van der Waals surface area contributed by atoms with Gasteiger partial charge in [-0.05, 0) is 0 Å². The van der Waals surface area contributed by atoms with Gasteiger partial charge in [0, 0.05) is 24.6 Å². The normalized spacial score (nSPS) is 11.2. The topological polar surface area (TPSA) is 94.2 Å². The molecular weight excluding hydrogens is 348 g/mol. The molecule has 1 aromatic carbocycles. The van der Waals surface area contributed by atoms with Crippen molar-refractivity contribution in [3.8, 4) is 17.2 Å². The number of anilines is 1. The van der Waals surface area contributed by atoms with E-state index in [1.54, 1.807) is 26.0 Å². The molecule has 0 fully saturated rings. The Morgan fingerprint density at radius 2 is 1.64 bits per heavy atom. The Morgan fingerprint density at radius 3 is 2.00 bits per heavy atom. The molecule has 1 amide bonds. The number of rotatable bonds is 9. The summed E-state index contributed by atoms with van der Waals surface area (Å²) in [7, 11) is 0.799. The Balaban J connectivity index is 3.18. The lowest BCUT2D eigenvalue weighted by molar-refractivity contribution is -0.123. The van der Waals surface area contributed by atoms with E-state index in [1.165, 1.54) is 25.6 Å². The summed E-state index contributed by atoms with van der Waals surface area (Å²) < 4.78 is 41.3. The molecule has 1 aromatic rings. The van der Waals surface area contributed by atoms with Crippen LogP contribution in [0.1, 0.15) is 13.8 Å². The highest BCUT2D eigenvalue weighted by Gasteiger charge is 2.22. The van der Waals surface area contributed by atoms with Crippen LogP contribution in [0.25, 0.3) is 0 Å². The van der Waals surface area contributed by atoms with Crippen molar-refractivity contribution in [2.24, 2.45) is 5.92 Å². The molecular formula is C16H26N2O6S. The van der Waals surface area contributed by atoms with Crippen LogP contribution in [0.3, 0.4) is 0 Å². The smallest absolute Gasteiger partial charge is 0.232 e. The summed E-state index contributed by atoms with van der Waals surface area (Å²) in [6, 6.07) is 3.10. The number of nitrogens with zero attached hydrogens (tertiary/aromatic N) is 1. The molecule has 0 aliphatic carbocycles. The second-order valence-corrected chi connectivity index (χ2v) is 7.57. The molecule has 0 aromatic heterocycles. The first-order valence-corrected chi connectivity index (χ1v) is 9.56. The fourth-order valence-corrected chi connectivity index (χ4v) is 3.09. The van der Waals surface area contributed by atoms with Crippen LogP contribution in [-0.4, -0.2) is 55.0 Å². The van der Waals surface area contributed by atoms with Crippen molar-refractivity contribution < 1.29 is 27.4 Å². The van der Waals surface area contributed by atoms with Crippen molar-refractivity contribution in [3.05, 3.63) is 12.1 Å². The highest BCUT2D eigenvalue weighted by Crippen LogP contribution is 2.41. The molecule has 25 heavy (non-hydrogen) atoms. The Morgan fingerprint density at radius 1 is 1.12 bits per heavy atom. The van der Waals surface area contributed by atoms with E-state index in [0.717, 1.165) is 6.26 Å². The summed E-state index contributed by atoms with van der Waals surface area (Å²) >= 11 is 0. The number of carbonyl (C=O) groups excluding carboxylic acids is 1. The van der Waals surface area contributed by atoms with E-state index < -0.39 is 10.0 Å². The van der Waals surface area contributed by atoms with Gasteiger partial charge in [0.1, 0.15) is 0 Å². The molecule has 0 aliphatic heterocycles. The molecule has 0 radical (unpaired) electrons. The summed E-state index contributed by atoms with van der Waals surface area (Å²) in [5, 5.41) is 2.70. The monoisotopic (exact) mass is 374 g/mol. The minimum Gasteiger partial charge on any atom is -0.493 e. The van der Waals surface area contributed by atoms with E-state index in [-0.39, 0.29) is 24.9 Å². The largest absolute Gasteiger partial charge is 0.493 e. The van der Waals surface area contributed by atoms with Crippen LogP contribution in [0.2, 0.25) is 0 Å². The van der Waals surface area contributed by atoms with Crippen LogP contribution in [0.5, 0.6) is 17.2 Å². The molecule has 0 saturated carbocycles. The minimum absolute atomic E-state index is 0.0793. The maximum atomic E-state index is 12.2. The highest BCUT2D eigenvalue weighted by atomic mass is 32.2. The van der Waals surface area contributed by atoms with Crippen LogP contribution >= 0.6 is 0 Å².